The molecule has 4 N–H and O–H groups in total. The van der Waals surface area contributed by atoms with Gasteiger partial charge >= 0.3 is 0 Å². The molecular weight excluding hydrogens is 280 g/mol. The first kappa shape index (κ1) is 14.0. The maximum atomic E-state index is 11.7. The summed E-state index contributed by atoms with van der Waals surface area (Å²) in [4.78, 5) is 15.9. The summed E-state index contributed by atoms with van der Waals surface area (Å²) in [6, 6.07) is 9.14. The van der Waals surface area contributed by atoms with E-state index < -0.39 is 11.4 Å². The highest BCUT2D eigenvalue weighted by molar-refractivity contribution is 8.01. The molecule has 0 aliphatic carbocycles. The lowest BCUT2D eigenvalue weighted by atomic mass is 9.92. The standard InChI is InChI=1S/C12H14N4OS2/c1-8-15-11(19-16-8)18-7-12(14,10(13)17)9-5-3-2-4-6-9/h2-6H,7,14H2,1H3,(H2,13,17). The van der Waals surface area contributed by atoms with Crippen molar-refractivity contribution in [3.8, 4) is 0 Å². The van der Waals surface area contributed by atoms with E-state index >= 15 is 0 Å². The van der Waals surface area contributed by atoms with Gasteiger partial charge in [0.1, 0.15) is 11.4 Å². The van der Waals surface area contributed by atoms with Crippen LogP contribution in [-0.4, -0.2) is 21.0 Å². The van der Waals surface area contributed by atoms with Gasteiger partial charge < -0.3 is 11.5 Å². The van der Waals surface area contributed by atoms with E-state index in [1.807, 2.05) is 25.1 Å². The maximum absolute atomic E-state index is 11.7. The predicted octanol–water partition coefficient (Wildman–Crippen LogP) is 1.28. The number of aryl methyl sites for hydroxylation is 1. The number of nitrogens with two attached hydrogens (primary N) is 2. The van der Waals surface area contributed by atoms with Crippen LogP contribution in [0.5, 0.6) is 0 Å². The van der Waals surface area contributed by atoms with Crippen LogP contribution in [0.3, 0.4) is 0 Å². The lowest BCUT2D eigenvalue weighted by Gasteiger charge is -2.25. The monoisotopic (exact) mass is 294 g/mol. The summed E-state index contributed by atoms with van der Waals surface area (Å²) in [6.07, 6.45) is 0. The van der Waals surface area contributed by atoms with E-state index in [1.54, 1.807) is 12.1 Å². The van der Waals surface area contributed by atoms with E-state index in [0.29, 0.717) is 17.1 Å². The predicted molar refractivity (Wildman–Crippen MR) is 76.9 cm³/mol. The first-order valence-corrected chi connectivity index (χ1v) is 7.36. The summed E-state index contributed by atoms with van der Waals surface area (Å²) in [7, 11) is 0. The van der Waals surface area contributed by atoms with Crippen LogP contribution in [-0.2, 0) is 10.3 Å². The van der Waals surface area contributed by atoms with Gasteiger partial charge in [-0.15, -0.1) is 0 Å². The SMILES string of the molecule is Cc1nsc(SCC(N)(C(N)=O)c2ccccc2)n1. The largest absolute Gasteiger partial charge is 0.368 e. The van der Waals surface area contributed by atoms with Crippen LogP contribution < -0.4 is 11.5 Å². The zero-order chi connectivity index (χ0) is 13.9. The molecule has 2 aromatic rings. The van der Waals surface area contributed by atoms with Gasteiger partial charge in [-0.1, -0.05) is 42.1 Å². The van der Waals surface area contributed by atoms with Crippen molar-refractivity contribution >= 4 is 29.2 Å². The topological polar surface area (TPSA) is 94.9 Å². The average molecular weight is 294 g/mol. The molecule has 1 heterocycles. The van der Waals surface area contributed by atoms with E-state index in [1.165, 1.54) is 23.3 Å². The van der Waals surface area contributed by atoms with E-state index in [2.05, 4.69) is 9.36 Å². The fourth-order valence-electron chi connectivity index (χ4n) is 1.54. The molecule has 1 unspecified atom stereocenters. The van der Waals surface area contributed by atoms with Crippen LogP contribution in [0.2, 0.25) is 0 Å². The van der Waals surface area contributed by atoms with Crippen molar-refractivity contribution in [2.24, 2.45) is 11.5 Å². The molecule has 19 heavy (non-hydrogen) atoms. The molecule has 7 heteroatoms. The van der Waals surface area contributed by atoms with Gasteiger partial charge in [0.15, 0.2) is 4.34 Å². The molecule has 2 rings (SSSR count). The molecule has 0 spiro atoms. The number of hydrogen-bond donors (Lipinski definition) is 2. The van der Waals surface area contributed by atoms with Gasteiger partial charge in [-0.05, 0) is 24.0 Å². The van der Waals surface area contributed by atoms with Gasteiger partial charge in [-0.2, -0.15) is 4.37 Å². The second kappa shape index (κ2) is 5.68. The quantitative estimate of drug-likeness (QED) is 0.810. The first-order chi connectivity index (χ1) is 9.02. The van der Waals surface area contributed by atoms with Crippen molar-refractivity contribution in [1.82, 2.24) is 9.36 Å². The Morgan fingerprint density at radius 2 is 2.11 bits per heavy atom. The third-order valence-electron chi connectivity index (χ3n) is 2.66. The molecule has 0 bridgehead atoms. The lowest BCUT2D eigenvalue weighted by molar-refractivity contribution is -0.122. The number of rotatable bonds is 5. The van der Waals surface area contributed by atoms with Crippen molar-refractivity contribution in [3.05, 3.63) is 41.7 Å². The molecule has 100 valence electrons. The summed E-state index contributed by atoms with van der Waals surface area (Å²) < 4.78 is 4.87. The lowest BCUT2D eigenvalue weighted by Crippen LogP contribution is -2.51. The molecular formula is C12H14N4OS2. The molecule has 1 atom stereocenters. The zero-order valence-electron chi connectivity index (χ0n) is 10.4. The van der Waals surface area contributed by atoms with Crippen LogP contribution in [0.4, 0.5) is 0 Å². The van der Waals surface area contributed by atoms with Crippen molar-refractivity contribution in [1.29, 1.82) is 0 Å². The van der Waals surface area contributed by atoms with Crippen LogP contribution in [0, 0.1) is 6.92 Å². The summed E-state index contributed by atoms with van der Waals surface area (Å²) >= 11 is 2.68. The molecule has 0 fully saturated rings. The first-order valence-electron chi connectivity index (χ1n) is 5.60. The number of hydrogen-bond acceptors (Lipinski definition) is 6. The van der Waals surface area contributed by atoms with Crippen LogP contribution in [0.1, 0.15) is 11.4 Å². The Morgan fingerprint density at radius 3 is 2.63 bits per heavy atom. The van der Waals surface area contributed by atoms with Crippen molar-refractivity contribution in [2.45, 2.75) is 16.8 Å². The minimum atomic E-state index is -1.20. The summed E-state index contributed by atoms with van der Waals surface area (Å²) in [5.41, 5.74) is 11.1. The maximum Gasteiger partial charge on any atom is 0.243 e. The third kappa shape index (κ3) is 3.12. The van der Waals surface area contributed by atoms with Crippen LogP contribution >= 0.6 is 23.3 Å². The molecule has 0 aliphatic rings. The Bertz CT molecular complexity index is 572. The van der Waals surface area contributed by atoms with Crippen molar-refractivity contribution < 1.29 is 4.79 Å². The fraction of sp³-hybridized carbons (Fsp3) is 0.250. The van der Waals surface area contributed by atoms with Gasteiger partial charge in [-0.25, -0.2) is 4.98 Å². The highest BCUT2D eigenvalue weighted by Crippen LogP contribution is 2.28. The number of benzene rings is 1. The van der Waals surface area contributed by atoms with E-state index in [0.717, 1.165) is 4.34 Å². The molecule has 0 radical (unpaired) electrons. The second-order valence-corrected chi connectivity index (χ2v) is 6.07. The van der Waals surface area contributed by atoms with Crippen molar-refractivity contribution in [3.63, 3.8) is 0 Å². The molecule has 1 amide bonds. The van der Waals surface area contributed by atoms with Gasteiger partial charge in [0.25, 0.3) is 0 Å². The number of carbonyl (C=O) groups excluding carboxylic acids is 1. The number of amides is 1. The summed E-state index contributed by atoms with van der Waals surface area (Å²) in [5, 5.41) is 0. The normalized spacial score (nSPS) is 14.0. The average Bonchev–Trinajstić information content (AvgIpc) is 2.82. The minimum Gasteiger partial charge on any atom is -0.368 e. The molecule has 5 nitrogen and oxygen atoms in total. The Hall–Kier alpha value is -1.44. The van der Waals surface area contributed by atoms with Crippen molar-refractivity contribution in [2.75, 3.05) is 5.75 Å². The Balaban J connectivity index is 2.19. The summed E-state index contributed by atoms with van der Waals surface area (Å²) in [5.74, 6) is 0.502. The number of nitrogens with zero attached hydrogens (tertiary/aromatic N) is 2. The minimum absolute atomic E-state index is 0.334. The highest BCUT2D eigenvalue weighted by atomic mass is 32.2. The number of primary amides is 1. The molecule has 0 saturated carbocycles. The molecule has 0 saturated heterocycles. The van der Waals surface area contributed by atoms with Gasteiger partial charge in [0.05, 0.1) is 0 Å². The second-order valence-electron chi connectivity index (χ2n) is 4.10. The Kier molecular flexibility index (Phi) is 4.18. The van der Waals surface area contributed by atoms with E-state index in [-0.39, 0.29) is 0 Å². The smallest absolute Gasteiger partial charge is 0.243 e. The van der Waals surface area contributed by atoms with Gasteiger partial charge in [-0.3, -0.25) is 4.79 Å². The Labute approximate surface area is 119 Å². The fourth-order valence-corrected chi connectivity index (χ4v) is 3.32. The zero-order valence-corrected chi connectivity index (χ0v) is 12.0. The van der Waals surface area contributed by atoms with Crippen LogP contribution in [0.25, 0.3) is 0 Å². The summed E-state index contributed by atoms with van der Waals surface area (Å²) in [6.45, 7) is 1.82. The van der Waals surface area contributed by atoms with E-state index in [9.17, 15) is 4.79 Å². The third-order valence-corrected chi connectivity index (χ3v) is 4.78. The molecule has 1 aromatic carbocycles. The number of carbonyl (C=O) groups is 1. The van der Waals surface area contributed by atoms with Gasteiger partial charge in [0.2, 0.25) is 5.91 Å². The highest BCUT2D eigenvalue weighted by Gasteiger charge is 2.34. The van der Waals surface area contributed by atoms with Crippen LogP contribution in [0.15, 0.2) is 34.7 Å². The molecule has 1 aromatic heterocycles. The number of thioether (sulfide) groups is 1. The molecule has 0 aliphatic heterocycles. The van der Waals surface area contributed by atoms with E-state index in [4.69, 9.17) is 11.5 Å². The number of aromatic nitrogens is 2. The Morgan fingerprint density at radius 1 is 1.42 bits per heavy atom. The van der Waals surface area contributed by atoms with Gasteiger partial charge in [0, 0.05) is 5.75 Å².